The second kappa shape index (κ2) is 9.90. The molecule has 0 aliphatic rings. The van der Waals surface area contributed by atoms with Gasteiger partial charge < -0.3 is 21.3 Å². The molecule has 0 saturated heterocycles. The predicted octanol–water partition coefficient (Wildman–Crippen LogP) is 5.73. The molecule has 162 valence electrons. The van der Waals surface area contributed by atoms with Gasteiger partial charge in [-0.3, -0.25) is 0 Å². The SMILES string of the molecule is CC(NC(=O)Nc1ccc(C(F)(F)F)cc1)C(C)NC(=O)Nc1ccc(Cl)c(Cl)c1. The Labute approximate surface area is 181 Å². The van der Waals surface area contributed by atoms with Crippen molar-refractivity contribution in [3.05, 3.63) is 58.1 Å². The normalized spacial score (nSPS) is 13.2. The molecule has 2 unspecified atom stereocenters. The lowest BCUT2D eigenvalue weighted by Crippen LogP contribution is -2.50. The molecule has 2 aromatic rings. The fourth-order valence-corrected chi connectivity index (χ4v) is 2.61. The minimum Gasteiger partial charge on any atom is -0.333 e. The van der Waals surface area contributed by atoms with Crippen molar-refractivity contribution in [3.8, 4) is 0 Å². The molecule has 0 fully saturated rings. The molecular formula is C19H19Cl2F3N4O2. The molecule has 2 atom stereocenters. The highest BCUT2D eigenvalue weighted by Gasteiger charge is 2.30. The van der Waals surface area contributed by atoms with Gasteiger partial charge in [0.25, 0.3) is 0 Å². The molecule has 0 aromatic heterocycles. The highest BCUT2D eigenvalue weighted by atomic mass is 35.5. The number of amides is 4. The van der Waals surface area contributed by atoms with Crippen molar-refractivity contribution >= 4 is 46.6 Å². The molecule has 11 heteroatoms. The first kappa shape index (κ1) is 23.6. The minimum absolute atomic E-state index is 0.200. The Morgan fingerprint density at radius 1 is 0.800 bits per heavy atom. The zero-order valence-corrected chi connectivity index (χ0v) is 17.4. The smallest absolute Gasteiger partial charge is 0.333 e. The van der Waals surface area contributed by atoms with Gasteiger partial charge in [-0.05, 0) is 56.3 Å². The van der Waals surface area contributed by atoms with Crippen molar-refractivity contribution in [1.29, 1.82) is 0 Å². The first-order valence-electron chi connectivity index (χ1n) is 8.73. The molecule has 4 amide bonds. The van der Waals surface area contributed by atoms with Gasteiger partial charge in [-0.2, -0.15) is 13.2 Å². The van der Waals surface area contributed by atoms with Crippen molar-refractivity contribution < 1.29 is 22.8 Å². The molecule has 0 aliphatic carbocycles. The van der Waals surface area contributed by atoms with Crippen molar-refractivity contribution in [2.24, 2.45) is 0 Å². The van der Waals surface area contributed by atoms with Crippen LogP contribution in [0.2, 0.25) is 10.0 Å². The van der Waals surface area contributed by atoms with Crippen LogP contribution in [-0.2, 0) is 6.18 Å². The maximum Gasteiger partial charge on any atom is 0.416 e. The number of urea groups is 2. The fraction of sp³-hybridized carbons (Fsp3) is 0.263. The molecule has 0 bridgehead atoms. The fourth-order valence-electron chi connectivity index (χ4n) is 2.31. The van der Waals surface area contributed by atoms with Gasteiger partial charge in [0.05, 0.1) is 15.6 Å². The summed E-state index contributed by atoms with van der Waals surface area (Å²) in [6.45, 7) is 3.34. The van der Waals surface area contributed by atoms with E-state index in [0.29, 0.717) is 10.7 Å². The molecule has 6 nitrogen and oxygen atoms in total. The molecule has 2 rings (SSSR count). The van der Waals surface area contributed by atoms with Crippen LogP contribution in [0.1, 0.15) is 19.4 Å². The number of hydrogen-bond acceptors (Lipinski definition) is 2. The molecule has 2 aromatic carbocycles. The van der Waals surface area contributed by atoms with Crippen LogP contribution in [-0.4, -0.2) is 24.1 Å². The number of anilines is 2. The van der Waals surface area contributed by atoms with Gasteiger partial charge in [-0.15, -0.1) is 0 Å². The Morgan fingerprint density at radius 2 is 1.27 bits per heavy atom. The Morgan fingerprint density at radius 3 is 1.73 bits per heavy atom. The van der Waals surface area contributed by atoms with Crippen molar-refractivity contribution in [1.82, 2.24) is 10.6 Å². The number of benzene rings is 2. The van der Waals surface area contributed by atoms with Crippen LogP contribution < -0.4 is 21.3 Å². The summed E-state index contributed by atoms with van der Waals surface area (Å²) in [5.41, 5.74) is -0.173. The predicted molar refractivity (Wildman–Crippen MR) is 111 cm³/mol. The first-order chi connectivity index (χ1) is 14.0. The van der Waals surface area contributed by atoms with Crippen LogP contribution >= 0.6 is 23.2 Å². The maximum absolute atomic E-state index is 12.6. The van der Waals surface area contributed by atoms with Crippen LogP contribution in [0.5, 0.6) is 0 Å². The topological polar surface area (TPSA) is 82.3 Å². The zero-order valence-electron chi connectivity index (χ0n) is 15.9. The lowest BCUT2D eigenvalue weighted by molar-refractivity contribution is -0.137. The van der Waals surface area contributed by atoms with Crippen LogP contribution in [0.3, 0.4) is 0 Å². The average Bonchev–Trinajstić information content (AvgIpc) is 2.64. The quantitative estimate of drug-likeness (QED) is 0.457. The second-order valence-corrected chi connectivity index (χ2v) is 7.29. The third-order valence-corrected chi connectivity index (χ3v) is 4.85. The standard InChI is InChI=1S/C19H19Cl2F3N4O2/c1-10(11(2)26-18(30)28-14-7-8-15(20)16(21)9-14)25-17(29)27-13-5-3-12(4-6-13)19(22,23)24/h3-11H,1-2H3,(H2,25,27,29)(H2,26,28,30). The zero-order chi connectivity index (χ0) is 22.5. The van der Waals surface area contributed by atoms with Crippen LogP contribution in [0.15, 0.2) is 42.5 Å². The Bertz CT molecular complexity index is 908. The average molecular weight is 463 g/mol. The lowest BCUT2D eigenvalue weighted by atomic mass is 10.2. The van der Waals surface area contributed by atoms with Crippen molar-refractivity contribution in [2.75, 3.05) is 10.6 Å². The summed E-state index contributed by atoms with van der Waals surface area (Å²) in [7, 11) is 0. The summed E-state index contributed by atoms with van der Waals surface area (Å²) in [5.74, 6) is 0. The van der Waals surface area contributed by atoms with E-state index in [-0.39, 0.29) is 10.7 Å². The third kappa shape index (κ3) is 7.00. The number of rotatable bonds is 5. The van der Waals surface area contributed by atoms with E-state index in [4.69, 9.17) is 23.2 Å². The summed E-state index contributed by atoms with van der Waals surface area (Å²) in [5, 5.41) is 10.9. The van der Waals surface area contributed by atoms with Gasteiger partial charge in [0, 0.05) is 23.5 Å². The largest absolute Gasteiger partial charge is 0.416 e. The van der Waals surface area contributed by atoms with Gasteiger partial charge >= 0.3 is 18.2 Å². The van der Waals surface area contributed by atoms with Gasteiger partial charge in [-0.25, -0.2) is 9.59 Å². The number of carbonyl (C=O) groups is 2. The maximum atomic E-state index is 12.6. The van der Waals surface area contributed by atoms with E-state index in [9.17, 15) is 22.8 Å². The second-order valence-electron chi connectivity index (χ2n) is 6.48. The first-order valence-corrected chi connectivity index (χ1v) is 9.48. The van der Waals surface area contributed by atoms with Gasteiger partial charge in [0.2, 0.25) is 0 Å². The monoisotopic (exact) mass is 462 g/mol. The van der Waals surface area contributed by atoms with Crippen LogP contribution in [0, 0.1) is 0 Å². The number of hydrogen-bond donors (Lipinski definition) is 4. The third-order valence-electron chi connectivity index (χ3n) is 4.12. The van der Waals surface area contributed by atoms with Crippen molar-refractivity contribution in [3.63, 3.8) is 0 Å². The van der Waals surface area contributed by atoms with Crippen LogP contribution in [0.4, 0.5) is 34.1 Å². The highest BCUT2D eigenvalue weighted by Crippen LogP contribution is 2.29. The molecule has 0 saturated carbocycles. The lowest BCUT2D eigenvalue weighted by Gasteiger charge is -2.23. The van der Waals surface area contributed by atoms with Gasteiger partial charge in [0.15, 0.2) is 0 Å². The number of nitrogens with one attached hydrogen (secondary N) is 4. The molecule has 0 aliphatic heterocycles. The molecule has 30 heavy (non-hydrogen) atoms. The van der Waals surface area contributed by atoms with Gasteiger partial charge in [-0.1, -0.05) is 23.2 Å². The van der Waals surface area contributed by atoms with E-state index in [2.05, 4.69) is 21.3 Å². The van der Waals surface area contributed by atoms with E-state index in [1.165, 1.54) is 6.07 Å². The summed E-state index contributed by atoms with van der Waals surface area (Å²) in [6, 6.07) is 6.57. The summed E-state index contributed by atoms with van der Waals surface area (Å²) in [6.07, 6.45) is -4.45. The van der Waals surface area contributed by atoms with E-state index in [0.717, 1.165) is 24.3 Å². The summed E-state index contributed by atoms with van der Waals surface area (Å²) < 4.78 is 37.7. The minimum atomic E-state index is -4.45. The summed E-state index contributed by atoms with van der Waals surface area (Å²) >= 11 is 11.7. The van der Waals surface area contributed by atoms with Crippen molar-refractivity contribution in [2.45, 2.75) is 32.1 Å². The molecule has 4 N–H and O–H groups in total. The van der Waals surface area contributed by atoms with E-state index < -0.39 is 35.9 Å². The Kier molecular flexibility index (Phi) is 7.80. The van der Waals surface area contributed by atoms with Gasteiger partial charge in [0.1, 0.15) is 0 Å². The molecule has 0 radical (unpaired) electrons. The molecule has 0 spiro atoms. The Balaban J connectivity index is 1.83. The Hall–Kier alpha value is -2.65. The highest BCUT2D eigenvalue weighted by molar-refractivity contribution is 6.42. The van der Waals surface area contributed by atoms with Crippen LogP contribution in [0.25, 0.3) is 0 Å². The molecule has 0 heterocycles. The summed E-state index contributed by atoms with van der Waals surface area (Å²) in [4.78, 5) is 24.2. The molecular weight excluding hydrogens is 444 g/mol. The van der Waals surface area contributed by atoms with E-state index >= 15 is 0 Å². The van der Waals surface area contributed by atoms with E-state index in [1.807, 2.05) is 0 Å². The number of carbonyl (C=O) groups excluding carboxylic acids is 2. The number of alkyl halides is 3. The number of halogens is 5. The van der Waals surface area contributed by atoms with E-state index in [1.54, 1.807) is 26.0 Å².